The second kappa shape index (κ2) is 3.48. The largest absolute Gasteiger partial charge is 0.123 e. The van der Waals surface area contributed by atoms with Crippen LogP contribution in [-0.4, -0.2) is 5.38 Å². The van der Waals surface area contributed by atoms with Gasteiger partial charge in [0.05, 0.1) is 0 Å². The van der Waals surface area contributed by atoms with Crippen molar-refractivity contribution < 1.29 is 0 Å². The molecule has 0 amide bonds. The summed E-state index contributed by atoms with van der Waals surface area (Å²) >= 11 is 5.58. The molecule has 0 nitrogen and oxygen atoms in total. The molecule has 0 heterocycles. The molecule has 0 N–H and O–H groups in total. The first-order chi connectivity index (χ1) is 2.77. The van der Waals surface area contributed by atoms with Gasteiger partial charge in [0.1, 0.15) is 0 Å². The Bertz CT molecular complexity index is 25.1. The summed E-state index contributed by atoms with van der Waals surface area (Å²) < 4.78 is 0. The van der Waals surface area contributed by atoms with Crippen LogP contribution in [0.4, 0.5) is 0 Å². The summed E-state index contributed by atoms with van der Waals surface area (Å²) in [5.74, 6) is 0. The van der Waals surface area contributed by atoms with Crippen LogP contribution in [0.3, 0.4) is 0 Å². The second-order valence-corrected chi connectivity index (χ2v) is 2.31. The molecule has 0 aliphatic carbocycles. The molecule has 0 aromatic carbocycles. The van der Waals surface area contributed by atoms with Gasteiger partial charge in [0, 0.05) is 5.38 Å². The van der Waals surface area contributed by atoms with E-state index in [1.165, 1.54) is 6.42 Å². The van der Waals surface area contributed by atoms with Crippen molar-refractivity contribution in [2.45, 2.75) is 32.1 Å². The van der Waals surface area contributed by atoms with E-state index in [9.17, 15) is 0 Å². The van der Waals surface area contributed by atoms with Crippen molar-refractivity contribution in [1.29, 1.82) is 0 Å². The molecule has 0 bridgehead atoms. The molecule has 0 radical (unpaired) electrons. The highest BCUT2D eigenvalue weighted by atomic mass is 35.5. The SMILES string of the molecule is CCC[C@H](C)Cl. The van der Waals surface area contributed by atoms with Crippen LogP contribution < -0.4 is 0 Å². The molecule has 0 saturated heterocycles. The Balaban J connectivity index is 2.63. The highest BCUT2D eigenvalue weighted by Gasteiger charge is 1.88. The number of halogens is 1. The molecule has 0 aromatic heterocycles. The van der Waals surface area contributed by atoms with E-state index in [-0.39, 0.29) is 0 Å². The maximum Gasteiger partial charge on any atom is 0.0307 e. The Kier molecular flexibility index (Phi) is 3.65. The highest BCUT2D eigenvalue weighted by Crippen LogP contribution is 2.01. The van der Waals surface area contributed by atoms with E-state index in [0.717, 1.165) is 6.42 Å². The summed E-state index contributed by atoms with van der Waals surface area (Å²) in [6.07, 6.45) is 2.34. The molecular formula is C5H11Cl. The minimum absolute atomic E-state index is 0.370. The van der Waals surface area contributed by atoms with E-state index in [0.29, 0.717) is 5.38 Å². The maximum absolute atomic E-state index is 5.58. The first-order valence-corrected chi connectivity index (χ1v) is 2.85. The molecule has 0 aromatic rings. The summed E-state index contributed by atoms with van der Waals surface area (Å²) in [6, 6.07) is 0. The molecule has 0 saturated carbocycles. The van der Waals surface area contributed by atoms with Crippen LogP contribution in [-0.2, 0) is 0 Å². The molecule has 0 spiro atoms. The third-order valence-corrected chi connectivity index (χ3v) is 0.905. The van der Waals surface area contributed by atoms with Crippen molar-refractivity contribution in [2.75, 3.05) is 0 Å². The Labute approximate surface area is 44.5 Å². The third kappa shape index (κ3) is 4.29. The topological polar surface area (TPSA) is 0 Å². The lowest BCUT2D eigenvalue weighted by atomic mass is 10.3. The van der Waals surface area contributed by atoms with Crippen LogP contribution in [0.15, 0.2) is 0 Å². The third-order valence-electron chi connectivity index (χ3n) is 0.686. The van der Waals surface area contributed by atoms with Gasteiger partial charge in [-0.1, -0.05) is 13.3 Å². The van der Waals surface area contributed by atoms with Gasteiger partial charge in [0.15, 0.2) is 0 Å². The fourth-order valence-electron chi connectivity index (χ4n) is 0.398. The van der Waals surface area contributed by atoms with Gasteiger partial charge < -0.3 is 0 Å². The molecule has 6 heavy (non-hydrogen) atoms. The lowest BCUT2D eigenvalue weighted by molar-refractivity contribution is 0.779. The van der Waals surface area contributed by atoms with Gasteiger partial charge in [-0.25, -0.2) is 0 Å². The Morgan fingerprint density at radius 1 is 1.67 bits per heavy atom. The zero-order valence-corrected chi connectivity index (χ0v) is 5.13. The monoisotopic (exact) mass is 106 g/mol. The smallest absolute Gasteiger partial charge is 0.0307 e. The minimum Gasteiger partial charge on any atom is -0.123 e. The summed E-state index contributed by atoms with van der Waals surface area (Å²) in [5.41, 5.74) is 0. The van der Waals surface area contributed by atoms with E-state index < -0.39 is 0 Å². The van der Waals surface area contributed by atoms with Gasteiger partial charge in [0.2, 0.25) is 0 Å². The van der Waals surface area contributed by atoms with Crippen molar-refractivity contribution in [1.82, 2.24) is 0 Å². The average molecular weight is 107 g/mol. The first kappa shape index (κ1) is 6.29. The molecular weight excluding hydrogens is 95.5 g/mol. The molecule has 0 rings (SSSR count). The molecule has 0 unspecified atom stereocenters. The normalized spacial score (nSPS) is 14.5. The predicted octanol–water partition coefficient (Wildman–Crippen LogP) is 2.41. The fourth-order valence-corrected chi connectivity index (χ4v) is 0.616. The van der Waals surface area contributed by atoms with E-state index in [1.807, 2.05) is 6.92 Å². The quantitative estimate of drug-likeness (QED) is 0.475. The summed E-state index contributed by atoms with van der Waals surface area (Å²) in [6.45, 7) is 4.16. The summed E-state index contributed by atoms with van der Waals surface area (Å²) in [5, 5.41) is 0.370. The van der Waals surface area contributed by atoms with Crippen LogP contribution >= 0.6 is 11.6 Å². The molecule has 0 fully saturated rings. The Morgan fingerprint density at radius 2 is 2.17 bits per heavy atom. The highest BCUT2D eigenvalue weighted by molar-refractivity contribution is 6.20. The van der Waals surface area contributed by atoms with E-state index in [4.69, 9.17) is 11.6 Å². The van der Waals surface area contributed by atoms with Crippen molar-refractivity contribution in [3.8, 4) is 0 Å². The van der Waals surface area contributed by atoms with Crippen molar-refractivity contribution in [2.24, 2.45) is 0 Å². The fraction of sp³-hybridized carbons (Fsp3) is 1.00. The molecule has 0 aliphatic heterocycles. The van der Waals surface area contributed by atoms with Crippen molar-refractivity contribution in [3.63, 3.8) is 0 Å². The van der Waals surface area contributed by atoms with Crippen LogP contribution in [0.5, 0.6) is 0 Å². The number of rotatable bonds is 2. The lowest BCUT2D eigenvalue weighted by Crippen LogP contribution is -1.85. The van der Waals surface area contributed by atoms with Gasteiger partial charge in [-0.3, -0.25) is 0 Å². The number of hydrogen-bond acceptors (Lipinski definition) is 0. The summed E-state index contributed by atoms with van der Waals surface area (Å²) in [7, 11) is 0. The van der Waals surface area contributed by atoms with Crippen LogP contribution in [0, 0.1) is 0 Å². The van der Waals surface area contributed by atoms with Gasteiger partial charge in [-0.05, 0) is 13.3 Å². The average Bonchev–Trinajstić information content (AvgIpc) is 1.35. The van der Waals surface area contributed by atoms with E-state index >= 15 is 0 Å². The van der Waals surface area contributed by atoms with Crippen LogP contribution in [0.25, 0.3) is 0 Å². The molecule has 1 heteroatoms. The van der Waals surface area contributed by atoms with Crippen LogP contribution in [0.2, 0.25) is 0 Å². The molecule has 0 aliphatic rings. The van der Waals surface area contributed by atoms with E-state index in [2.05, 4.69) is 6.92 Å². The molecule has 1 atom stereocenters. The van der Waals surface area contributed by atoms with Crippen LogP contribution in [0.1, 0.15) is 26.7 Å². The zero-order chi connectivity index (χ0) is 4.99. The van der Waals surface area contributed by atoms with Crippen molar-refractivity contribution >= 4 is 11.6 Å². The maximum atomic E-state index is 5.58. The summed E-state index contributed by atoms with van der Waals surface area (Å²) in [4.78, 5) is 0. The number of alkyl halides is 1. The first-order valence-electron chi connectivity index (χ1n) is 2.41. The van der Waals surface area contributed by atoms with Gasteiger partial charge in [-0.2, -0.15) is 0 Å². The Hall–Kier alpha value is 0.290. The standard InChI is InChI=1S/C5H11Cl/c1-3-4-5(2)6/h5H,3-4H2,1-2H3/t5-/m0/s1. The lowest BCUT2D eigenvalue weighted by Gasteiger charge is -1.93. The van der Waals surface area contributed by atoms with Gasteiger partial charge in [0.25, 0.3) is 0 Å². The predicted molar refractivity (Wildman–Crippen MR) is 30.2 cm³/mol. The van der Waals surface area contributed by atoms with Gasteiger partial charge >= 0.3 is 0 Å². The van der Waals surface area contributed by atoms with Crippen molar-refractivity contribution in [3.05, 3.63) is 0 Å². The number of hydrogen-bond donors (Lipinski definition) is 0. The Morgan fingerprint density at radius 3 is 2.17 bits per heavy atom. The minimum atomic E-state index is 0.370. The zero-order valence-electron chi connectivity index (χ0n) is 4.37. The van der Waals surface area contributed by atoms with Gasteiger partial charge in [-0.15, -0.1) is 11.6 Å². The van der Waals surface area contributed by atoms with E-state index in [1.54, 1.807) is 0 Å². The second-order valence-electron chi connectivity index (χ2n) is 1.57. The molecule has 38 valence electrons.